The molecule has 2 heterocycles. The molecule has 0 aliphatic carbocycles. The molecule has 1 aromatic rings. The molecule has 1 N–H and O–H groups in total. The molecule has 34 heavy (non-hydrogen) atoms. The smallest absolute Gasteiger partial charge is 0.339 e. The largest absolute Gasteiger partial charge is 0.458 e. The van der Waals surface area contributed by atoms with E-state index in [-0.39, 0.29) is 5.91 Å². The first kappa shape index (κ1) is 26.1. The number of aliphatic hydroxyl groups is 1. The molecular weight excluding hydrogens is 441 g/mol. The number of anilines is 1. The van der Waals surface area contributed by atoms with Gasteiger partial charge in [0.2, 0.25) is 5.91 Å². The lowest BCUT2D eigenvalue weighted by molar-refractivity contribution is -0.153. The van der Waals surface area contributed by atoms with Crippen molar-refractivity contribution in [3.05, 3.63) is 46.8 Å². The van der Waals surface area contributed by atoms with Crippen LogP contribution in [0.15, 0.2) is 30.1 Å². The number of carbonyl (C=O) groups excluding carboxylic acids is 2. The predicted molar refractivity (Wildman–Crippen MR) is 127 cm³/mol. The second-order valence-electron chi connectivity index (χ2n) is 9.55. The van der Waals surface area contributed by atoms with Crippen molar-refractivity contribution in [3.8, 4) is 0 Å². The number of nitrogens with zero attached hydrogens (tertiary/aromatic N) is 1. The molecule has 7 nitrogen and oxygen atoms in total. The highest BCUT2D eigenvalue weighted by atomic mass is 19.1. The second-order valence-corrected chi connectivity index (χ2v) is 9.55. The van der Waals surface area contributed by atoms with Gasteiger partial charge in [0.25, 0.3) is 0 Å². The Morgan fingerprint density at radius 3 is 2.56 bits per heavy atom. The van der Waals surface area contributed by atoms with Crippen LogP contribution in [0.4, 0.5) is 10.1 Å². The van der Waals surface area contributed by atoms with Gasteiger partial charge < -0.3 is 24.2 Å². The number of aliphatic hydroxyl groups excluding tert-OH is 1. The highest BCUT2D eigenvalue weighted by Gasteiger charge is 2.45. The van der Waals surface area contributed by atoms with Crippen LogP contribution in [0.5, 0.6) is 0 Å². The van der Waals surface area contributed by atoms with Gasteiger partial charge in [-0.2, -0.15) is 0 Å². The number of amides is 1. The summed E-state index contributed by atoms with van der Waals surface area (Å²) in [4.78, 5) is 26.5. The summed E-state index contributed by atoms with van der Waals surface area (Å²) >= 11 is 0. The molecule has 1 unspecified atom stereocenters. The van der Waals surface area contributed by atoms with Crippen LogP contribution in [0.1, 0.15) is 62.5 Å². The number of aryl methyl sites for hydroxylation is 1. The Morgan fingerprint density at radius 2 is 1.91 bits per heavy atom. The van der Waals surface area contributed by atoms with Gasteiger partial charge in [0, 0.05) is 25.6 Å². The summed E-state index contributed by atoms with van der Waals surface area (Å²) < 4.78 is 32.4. The average molecular weight is 476 g/mol. The molecule has 0 radical (unpaired) electrons. The number of rotatable bonds is 1. The molecule has 1 amide bonds. The fourth-order valence-electron chi connectivity index (χ4n) is 4.20. The summed E-state index contributed by atoms with van der Waals surface area (Å²) in [6, 6.07) is 3.51. The third-order valence-corrected chi connectivity index (χ3v) is 6.35. The topological polar surface area (TPSA) is 85.3 Å². The molecule has 2 aliphatic rings. The number of hydrogen-bond acceptors (Lipinski definition) is 6. The van der Waals surface area contributed by atoms with Gasteiger partial charge in [0.15, 0.2) is 5.79 Å². The second kappa shape index (κ2) is 9.98. The maximum Gasteiger partial charge on any atom is 0.339 e. The summed E-state index contributed by atoms with van der Waals surface area (Å²) in [7, 11) is 1.66. The zero-order valence-electron chi connectivity index (χ0n) is 20.8. The number of hydrogen-bond donors (Lipinski definition) is 1. The van der Waals surface area contributed by atoms with Crippen LogP contribution < -0.4 is 4.90 Å². The Balaban J connectivity index is 2.10. The van der Waals surface area contributed by atoms with Crippen molar-refractivity contribution in [1.29, 1.82) is 0 Å². The van der Waals surface area contributed by atoms with Crippen LogP contribution in [-0.2, 0) is 19.0 Å². The Kier molecular flexibility index (Phi) is 7.65. The zero-order valence-corrected chi connectivity index (χ0v) is 20.8. The minimum Gasteiger partial charge on any atom is -0.458 e. The number of ether oxygens (including phenoxy) is 3. The van der Waals surface area contributed by atoms with Crippen molar-refractivity contribution in [3.63, 3.8) is 0 Å². The van der Waals surface area contributed by atoms with Crippen molar-refractivity contribution in [1.82, 2.24) is 0 Å². The summed E-state index contributed by atoms with van der Waals surface area (Å²) in [5, 5.41) is 10.7. The van der Waals surface area contributed by atoms with E-state index in [1.54, 1.807) is 66.0 Å². The van der Waals surface area contributed by atoms with E-state index in [1.807, 2.05) is 0 Å². The third-order valence-electron chi connectivity index (χ3n) is 6.35. The van der Waals surface area contributed by atoms with Crippen LogP contribution in [0.3, 0.4) is 0 Å². The molecule has 1 saturated heterocycles. The number of esters is 1. The Bertz CT molecular complexity index is 1020. The van der Waals surface area contributed by atoms with Gasteiger partial charge in [-0.25, -0.2) is 9.18 Å². The van der Waals surface area contributed by atoms with E-state index in [4.69, 9.17) is 14.2 Å². The first-order valence-corrected chi connectivity index (χ1v) is 11.5. The molecule has 3 rings (SSSR count). The predicted octanol–water partition coefficient (Wildman–Crippen LogP) is 4.31. The molecule has 5 atom stereocenters. The van der Waals surface area contributed by atoms with Gasteiger partial charge in [-0.05, 0) is 63.5 Å². The van der Waals surface area contributed by atoms with E-state index in [9.17, 15) is 19.1 Å². The van der Waals surface area contributed by atoms with Crippen LogP contribution >= 0.6 is 0 Å². The van der Waals surface area contributed by atoms with Crippen LogP contribution in [0.25, 0.3) is 6.08 Å². The number of benzene rings is 1. The van der Waals surface area contributed by atoms with Crippen molar-refractivity contribution >= 4 is 23.6 Å². The molecule has 0 saturated carbocycles. The quantitative estimate of drug-likeness (QED) is 0.610. The Morgan fingerprint density at radius 1 is 1.24 bits per heavy atom. The van der Waals surface area contributed by atoms with E-state index in [2.05, 4.69) is 0 Å². The van der Waals surface area contributed by atoms with Gasteiger partial charge in [-0.1, -0.05) is 19.1 Å². The van der Waals surface area contributed by atoms with Crippen molar-refractivity contribution in [2.45, 2.75) is 78.2 Å². The maximum atomic E-state index is 14.9. The van der Waals surface area contributed by atoms with E-state index >= 15 is 0 Å². The van der Waals surface area contributed by atoms with Crippen LogP contribution in [-0.4, -0.2) is 54.2 Å². The Labute approximate surface area is 200 Å². The number of cyclic esters (lactones) is 1. The van der Waals surface area contributed by atoms with Crippen LogP contribution in [0, 0.1) is 12.8 Å². The monoisotopic (exact) mass is 475 g/mol. The van der Waals surface area contributed by atoms with Gasteiger partial charge in [0.1, 0.15) is 24.1 Å². The van der Waals surface area contributed by atoms with Crippen molar-refractivity contribution < 1.29 is 33.3 Å². The molecule has 1 aromatic carbocycles. The molecule has 2 aliphatic heterocycles. The number of fused-ring (bicyclic) bond motifs is 2. The summed E-state index contributed by atoms with van der Waals surface area (Å²) in [5.41, 5.74) is 2.25. The molecule has 0 spiro atoms. The molecule has 0 aromatic heterocycles. The number of carbonyl (C=O) groups is 2. The zero-order chi connectivity index (χ0) is 25.4. The number of halogens is 1. The molecular formula is C26H34FNO6. The van der Waals surface area contributed by atoms with E-state index in [0.717, 1.165) is 0 Å². The van der Waals surface area contributed by atoms with Gasteiger partial charge in [-0.3, -0.25) is 4.79 Å². The normalized spacial score (nSPS) is 31.9. The molecule has 186 valence electrons. The van der Waals surface area contributed by atoms with Crippen LogP contribution in [0.2, 0.25) is 0 Å². The Hall–Kier alpha value is -2.55. The lowest BCUT2D eigenvalue weighted by atomic mass is 9.96. The molecule has 1 fully saturated rings. The standard InChI is InChI=1S/C26H34FNO6/c1-14-12-20(27)23(30)24-21(33-26(5,6)34-24)10-8-9-18-13-19(28(7)17(4)29)11-15(2)22(18)25(31)32-16(14)3/h8-9,11-14,16,21,23-24,30H,10H2,1-7H3/b9-8+,20-12+/t14-,16+,21-,23?,24-/m1/s1. The van der Waals surface area contributed by atoms with Gasteiger partial charge >= 0.3 is 5.97 Å². The summed E-state index contributed by atoms with van der Waals surface area (Å²) in [6.45, 7) is 10.1. The van der Waals surface area contributed by atoms with E-state index < -0.39 is 47.9 Å². The third kappa shape index (κ3) is 5.56. The van der Waals surface area contributed by atoms with Gasteiger partial charge in [0.05, 0.1) is 11.7 Å². The van der Waals surface area contributed by atoms with Crippen molar-refractivity contribution in [2.24, 2.45) is 5.92 Å². The maximum absolute atomic E-state index is 14.9. The average Bonchev–Trinajstić information content (AvgIpc) is 3.05. The fraction of sp³-hybridized carbons (Fsp3) is 0.538. The van der Waals surface area contributed by atoms with Crippen molar-refractivity contribution in [2.75, 3.05) is 11.9 Å². The van der Waals surface area contributed by atoms with Gasteiger partial charge in [-0.15, -0.1) is 0 Å². The highest BCUT2D eigenvalue weighted by Crippen LogP contribution is 2.35. The van der Waals surface area contributed by atoms with E-state index in [1.165, 1.54) is 17.9 Å². The molecule has 8 heteroatoms. The molecule has 0 bridgehead atoms. The SMILES string of the molecule is CC(=O)N(C)c1cc(C)c2c(c1)/C=C/C[C@H]1OC(C)(C)O[C@H]1C(O)/C(F)=C\[C@@H](C)[C@H](C)OC2=O. The first-order chi connectivity index (χ1) is 15.8. The summed E-state index contributed by atoms with van der Waals surface area (Å²) in [6.07, 6.45) is 1.44. The highest BCUT2D eigenvalue weighted by molar-refractivity contribution is 5.98. The van der Waals surface area contributed by atoms with E-state index in [0.29, 0.717) is 28.8 Å². The minimum atomic E-state index is -1.51. The lowest BCUT2D eigenvalue weighted by Crippen LogP contribution is -2.36. The fourth-order valence-corrected chi connectivity index (χ4v) is 4.20. The lowest BCUT2D eigenvalue weighted by Gasteiger charge is -2.24. The first-order valence-electron chi connectivity index (χ1n) is 11.5. The summed E-state index contributed by atoms with van der Waals surface area (Å²) in [5.74, 6) is -2.92. The minimum absolute atomic E-state index is 0.140.